The highest BCUT2D eigenvalue weighted by Crippen LogP contribution is 2.43. The van der Waals surface area contributed by atoms with E-state index in [2.05, 4.69) is 69.4 Å². The molecule has 5 rings (SSSR count). The highest BCUT2D eigenvalue weighted by atomic mass is 35.5. The van der Waals surface area contributed by atoms with Gasteiger partial charge in [0.2, 0.25) is 5.91 Å². The lowest BCUT2D eigenvalue weighted by Crippen LogP contribution is -2.30. The normalized spacial score (nSPS) is 16.9. The molecule has 1 fully saturated rings. The third kappa shape index (κ3) is 5.03. The van der Waals surface area contributed by atoms with Gasteiger partial charge >= 0.3 is 0 Å². The Kier molecular flexibility index (Phi) is 7.46. The Morgan fingerprint density at radius 2 is 1.89 bits per heavy atom. The van der Waals surface area contributed by atoms with Gasteiger partial charge < -0.3 is 24.8 Å². The second-order valence-electron chi connectivity index (χ2n) is 9.21. The molecule has 2 N–H and O–H groups in total. The fourth-order valence-corrected chi connectivity index (χ4v) is 5.32. The number of halogens is 1. The number of thiocarbonyl (C=S) groups is 1. The van der Waals surface area contributed by atoms with Crippen molar-refractivity contribution >= 4 is 46.2 Å². The predicted octanol–water partition coefficient (Wildman–Crippen LogP) is 5.90. The van der Waals surface area contributed by atoms with E-state index in [-0.39, 0.29) is 24.6 Å². The average molecular weight is 546 g/mol. The largest absolute Gasteiger partial charge is 0.375 e. The fraction of sp³-hybridized carbons (Fsp3) is 0.207. The monoisotopic (exact) mass is 545 g/mol. The first-order valence-electron chi connectivity index (χ1n) is 12.2. The number of rotatable bonds is 7. The second kappa shape index (κ2) is 10.9. The van der Waals surface area contributed by atoms with E-state index < -0.39 is 0 Å². The summed E-state index contributed by atoms with van der Waals surface area (Å²) in [5.41, 5.74) is 6.76. The molecular formula is C29H28ClN5O2S. The summed E-state index contributed by atoms with van der Waals surface area (Å²) in [6.07, 6.45) is 3.85. The summed E-state index contributed by atoms with van der Waals surface area (Å²) in [5.74, 6) is -0.278. The molecule has 0 aliphatic carbocycles. The van der Waals surface area contributed by atoms with Crippen LogP contribution in [0.2, 0.25) is 5.02 Å². The zero-order valence-corrected chi connectivity index (χ0v) is 22.9. The SMILES string of the molecule is COCC(=O)Nc1ccc(N2C(=S)NC(c3ccccn3)C2c2cccn2-c2ccc(C)c(C)c2)cc1Cl. The molecule has 0 saturated carbocycles. The van der Waals surface area contributed by atoms with Crippen LogP contribution in [0.4, 0.5) is 11.4 Å². The maximum Gasteiger partial charge on any atom is 0.250 e. The molecule has 2 aromatic carbocycles. The predicted molar refractivity (Wildman–Crippen MR) is 155 cm³/mol. The highest BCUT2D eigenvalue weighted by molar-refractivity contribution is 7.80. The number of methoxy groups -OCH3 is 1. The minimum atomic E-state index is -0.278. The van der Waals surface area contributed by atoms with Gasteiger partial charge in [-0.2, -0.15) is 0 Å². The number of nitrogens with zero attached hydrogens (tertiary/aromatic N) is 3. The average Bonchev–Trinajstić information content (AvgIpc) is 3.52. The van der Waals surface area contributed by atoms with Gasteiger partial charge in [0, 0.05) is 36.6 Å². The molecule has 2 aromatic heterocycles. The van der Waals surface area contributed by atoms with Gasteiger partial charge in [-0.25, -0.2) is 0 Å². The van der Waals surface area contributed by atoms with E-state index in [4.69, 9.17) is 28.6 Å². The molecule has 194 valence electrons. The first-order chi connectivity index (χ1) is 18.4. The maximum atomic E-state index is 12.0. The standard InChI is InChI=1S/C29H28ClN5O2S/c1-18-9-10-20(15-19(18)2)34-14-6-8-25(34)28-27(24-7-4-5-13-31-24)33-29(38)35(28)21-11-12-23(22(30)16-21)32-26(36)17-37-3/h4-16,27-28H,17H2,1-3H3,(H,32,36)(H,33,38). The smallest absolute Gasteiger partial charge is 0.250 e. The van der Waals surface area contributed by atoms with E-state index in [1.165, 1.54) is 18.2 Å². The van der Waals surface area contributed by atoms with Crippen molar-refractivity contribution in [3.63, 3.8) is 0 Å². The van der Waals surface area contributed by atoms with Crippen LogP contribution in [-0.2, 0) is 9.53 Å². The number of hydrogen-bond acceptors (Lipinski definition) is 4. The summed E-state index contributed by atoms with van der Waals surface area (Å²) in [6.45, 7) is 4.17. The van der Waals surface area contributed by atoms with Crippen LogP contribution >= 0.6 is 23.8 Å². The van der Waals surface area contributed by atoms with Crippen molar-refractivity contribution in [2.75, 3.05) is 23.9 Å². The van der Waals surface area contributed by atoms with Crippen LogP contribution < -0.4 is 15.5 Å². The van der Waals surface area contributed by atoms with Crippen LogP contribution in [0.25, 0.3) is 5.69 Å². The number of ether oxygens (including phenoxy) is 1. The lowest BCUT2D eigenvalue weighted by Gasteiger charge is -2.29. The molecule has 0 spiro atoms. The minimum absolute atomic E-state index is 0.0541. The van der Waals surface area contributed by atoms with E-state index in [0.29, 0.717) is 15.8 Å². The van der Waals surface area contributed by atoms with Crippen molar-refractivity contribution in [3.8, 4) is 5.69 Å². The van der Waals surface area contributed by atoms with Crippen molar-refractivity contribution < 1.29 is 9.53 Å². The van der Waals surface area contributed by atoms with Gasteiger partial charge in [-0.3, -0.25) is 9.78 Å². The Balaban J connectivity index is 1.59. The van der Waals surface area contributed by atoms with Crippen molar-refractivity contribution in [2.45, 2.75) is 25.9 Å². The molecule has 1 aliphatic heterocycles. The molecule has 1 amide bonds. The van der Waals surface area contributed by atoms with Gasteiger partial charge in [0.1, 0.15) is 12.6 Å². The van der Waals surface area contributed by atoms with E-state index in [1.807, 2.05) is 36.4 Å². The molecule has 0 radical (unpaired) electrons. The van der Waals surface area contributed by atoms with Crippen LogP contribution in [-0.4, -0.2) is 34.3 Å². The number of nitrogens with one attached hydrogen (secondary N) is 2. The molecule has 2 unspecified atom stereocenters. The number of carbonyl (C=O) groups is 1. The van der Waals surface area contributed by atoms with Gasteiger partial charge in [-0.05, 0) is 91.8 Å². The van der Waals surface area contributed by atoms with Gasteiger partial charge in [0.25, 0.3) is 0 Å². The maximum absolute atomic E-state index is 12.0. The first kappa shape index (κ1) is 25.9. The molecule has 7 nitrogen and oxygen atoms in total. The van der Waals surface area contributed by atoms with Gasteiger partial charge in [-0.1, -0.05) is 23.7 Å². The van der Waals surface area contributed by atoms with Crippen LogP contribution in [0.15, 0.2) is 79.1 Å². The number of amides is 1. The molecule has 1 saturated heterocycles. The minimum Gasteiger partial charge on any atom is -0.375 e. The Morgan fingerprint density at radius 1 is 1.08 bits per heavy atom. The van der Waals surface area contributed by atoms with Crippen molar-refractivity contribution in [1.82, 2.24) is 14.9 Å². The Hall–Kier alpha value is -3.72. The summed E-state index contributed by atoms with van der Waals surface area (Å²) < 4.78 is 7.10. The summed E-state index contributed by atoms with van der Waals surface area (Å²) in [6, 6.07) is 21.5. The molecule has 9 heteroatoms. The number of aromatic nitrogens is 2. The summed E-state index contributed by atoms with van der Waals surface area (Å²) in [4.78, 5) is 18.8. The van der Waals surface area contributed by atoms with Crippen molar-refractivity contribution in [3.05, 3.63) is 107 Å². The third-order valence-electron chi connectivity index (χ3n) is 6.73. The van der Waals surface area contributed by atoms with Gasteiger partial charge in [-0.15, -0.1) is 0 Å². The zero-order valence-electron chi connectivity index (χ0n) is 21.3. The molecule has 3 heterocycles. The van der Waals surface area contributed by atoms with Crippen molar-refractivity contribution in [2.24, 2.45) is 0 Å². The molecule has 1 aliphatic rings. The fourth-order valence-electron chi connectivity index (χ4n) is 4.75. The Morgan fingerprint density at radius 3 is 2.61 bits per heavy atom. The van der Waals surface area contributed by atoms with Gasteiger partial charge in [0.15, 0.2) is 5.11 Å². The Labute approximate surface area is 232 Å². The summed E-state index contributed by atoms with van der Waals surface area (Å²) in [7, 11) is 1.47. The third-order valence-corrected chi connectivity index (χ3v) is 7.36. The zero-order chi connectivity index (χ0) is 26.8. The summed E-state index contributed by atoms with van der Waals surface area (Å²) >= 11 is 12.5. The number of aryl methyl sites for hydroxylation is 2. The first-order valence-corrected chi connectivity index (χ1v) is 13.0. The number of hydrogen-bond donors (Lipinski definition) is 2. The molecule has 38 heavy (non-hydrogen) atoms. The quantitative estimate of drug-likeness (QED) is 0.282. The van der Waals surface area contributed by atoms with E-state index in [9.17, 15) is 4.79 Å². The van der Waals surface area contributed by atoms with Crippen LogP contribution in [0.1, 0.15) is 34.6 Å². The van der Waals surface area contributed by atoms with Crippen molar-refractivity contribution in [1.29, 1.82) is 0 Å². The van der Waals surface area contributed by atoms with Crippen LogP contribution in [0.5, 0.6) is 0 Å². The number of carbonyl (C=O) groups excluding carboxylic acids is 1. The van der Waals surface area contributed by atoms with Crippen LogP contribution in [0.3, 0.4) is 0 Å². The number of benzene rings is 2. The Bertz CT molecular complexity index is 1490. The lowest BCUT2D eigenvalue weighted by molar-refractivity contribution is -0.119. The highest BCUT2D eigenvalue weighted by Gasteiger charge is 2.42. The van der Waals surface area contributed by atoms with Crippen LogP contribution in [0, 0.1) is 13.8 Å². The number of pyridine rings is 1. The summed E-state index contributed by atoms with van der Waals surface area (Å²) in [5, 5.41) is 7.23. The van der Waals surface area contributed by atoms with Gasteiger partial charge in [0.05, 0.1) is 22.4 Å². The second-order valence-corrected chi connectivity index (χ2v) is 10.0. The molecule has 0 bridgehead atoms. The lowest BCUT2D eigenvalue weighted by atomic mass is 10.0. The molecule has 4 aromatic rings. The van der Waals surface area contributed by atoms with E-state index >= 15 is 0 Å². The topological polar surface area (TPSA) is 71.4 Å². The molecule has 2 atom stereocenters. The molecular weight excluding hydrogens is 518 g/mol. The number of anilines is 2. The van der Waals surface area contributed by atoms with E-state index in [0.717, 1.165) is 22.8 Å². The van der Waals surface area contributed by atoms with E-state index in [1.54, 1.807) is 12.3 Å².